The van der Waals surface area contributed by atoms with Gasteiger partial charge in [-0.25, -0.2) is 4.39 Å². The van der Waals surface area contributed by atoms with Crippen LogP contribution >= 0.6 is 0 Å². The van der Waals surface area contributed by atoms with E-state index in [1.54, 1.807) is 12.1 Å². The van der Waals surface area contributed by atoms with E-state index in [4.69, 9.17) is 10.2 Å². The van der Waals surface area contributed by atoms with E-state index in [0.29, 0.717) is 18.2 Å². The molecule has 3 rings (SSSR count). The largest absolute Gasteiger partial charge is 0.425 e. The average molecular weight is 275 g/mol. The van der Waals surface area contributed by atoms with Gasteiger partial charge in [0.15, 0.2) is 0 Å². The lowest BCUT2D eigenvalue weighted by molar-refractivity contribution is 0.416. The van der Waals surface area contributed by atoms with Crippen LogP contribution in [0.3, 0.4) is 0 Å². The van der Waals surface area contributed by atoms with Gasteiger partial charge in [-0.15, -0.1) is 10.2 Å². The number of anilines is 1. The predicted molar refractivity (Wildman–Crippen MR) is 73.7 cm³/mol. The van der Waals surface area contributed by atoms with E-state index < -0.39 is 0 Å². The molecule has 1 aromatic carbocycles. The summed E-state index contributed by atoms with van der Waals surface area (Å²) in [7, 11) is 0. The lowest BCUT2D eigenvalue weighted by Crippen LogP contribution is -1.96. The lowest BCUT2D eigenvalue weighted by Gasteiger charge is -2.02. The summed E-state index contributed by atoms with van der Waals surface area (Å²) in [4.78, 5) is 0. The minimum absolute atomic E-state index is 0.180. The van der Waals surface area contributed by atoms with E-state index in [1.807, 2.05) is 0 Å². The van der Waals surface area contributed by atoms with Gasteiger partial charge >= 0.3 is 0 Å². The summed E-state index contributed by atoms with van der Waals surface area (Å²) in [6.45, 7) is 0. The minimum atomic E-state index is -0.380. The number of nitrogen functional groups attached to an aromatic ring is 1. The van der Waals surface area contributed by atoms with Crippen molar-refractivity contribution in [2.24, 2.45) is 0 Å². The number of benzene rings is 1. The maximum atomic E-state index is 13.1. The molecule has 0 atom stereocenters. The molecule has 0 amide bonds. The summed E-state index contributed by atoms with van der Waals surface area (Å²) in [5.41, 5.74) is 6.71. The van der Waals surface area contributed by atoms with Gasteiger partial charge in [0.1, 0.15) is 5.82 Å². The molecule has 1 aliphatic carbocycles. The van der Waals surface area contributed by atoms with Crippen molar-refractivity contribution in [3.63, 3.8) is 0 Å². The highest BCUT2D eigenvalue weighted by Gasteiger charge is 2.22. The standard InChI is InChI=1S/C15H18FN3O/c16-12-7-5-10(9-13(12)17)6-8-14-18-19-15(20-14)11-3-1-2-4-11/h5,7,9,11H,1-4,6,8,17H2. The fourth-order valence-electron chi connectivity index (χ4n) is 2.71. The van der Waals surface area contributed by atoms with Crippen LogP contribution in [-0.2, 0) is 12.8 Å². The molecule has 2 aromatic rings. The molecule has 0 unspecified atom stereocenters. The monoisotopic (exact) mass is 275 g/mol. The normalized spacial score (nSPS) is 15.8. The number of nitrogens with zero attached hydrogens (tertiary/aromatic N) is 2. The minimum Gasteiger partial charge on any atom is -0.425 e. The van der Waals surface area contributed by atoms with E-state index >= 15 is 0 Å². The van der Waals surface area contributed by atoms with Gasteiger partial charge in [0.2, 0.25) is 11.8 Å². The van der Waals surface area contributed by atoms with Crippen molar-refractivity contribution in [2.75, 3.05) is 5.73 Å². The molecule has 0 aliphatic heterocycles. The number of aromatic nitrogens is 2. The van der Waals surface area contributed by atoms with Crippen LogP contribution in [0.15, 0.2) is 22.6 Å². The van der Waals surface area contributed by atoms with Crippen LogP contribution < -0.4 is 5.73 Å². The van der Waals surface area contributed by atoms with Gasteiger partial charge in [0, 0.05) is 12.3 Å². The van der Waals surface area contributed by atoms with Crippen LogP contribution in [0.1, 0.15) is 48.9 Å². The number of hydrogen-bond acceptors (Lipinski definition) is 4. The highest BCUT2D eigenvalue weighted by Crippen LogP contribution is 2.33. The SMILES string of the molecule is Nc1cc(CCc2nnc(C3CCCC3)o2)ccc1F. The number of aryl methyl sites for hydroxylation is 2. The number of nitrogens with two attached hydrogens (primary N) is 1. The first-order valence-electron chi connectivity index (χ1n) is 7.08. The van der Waals surface area contributed by atoms with Gasteiger partial charge in [0.05, 0.1) is 5.69 Å². The van der Waals surface area contributed by atoms with Crippen molar-refractivity contribution in [3.05, 3.63) is 41.4 Å². The molecule has 20 heavy (non-hydrogen) atoms. The van der Waals surface area contributed by atoms with E-state index in [9.17, 15) is 4.39 Å². The molecule has 4 nitrogen and oxygen atoms in total. The summed E-state index contributed by atoms with van der Waals surface area (Å²) in [5.74, 6) is 1.48. The topological polar surface area (TPSA) is 64.9 Å². The second-order valence-corrected chi connectivity index (χ2v) is 5.37. The number of rotatable bonds is 4. The summed E-state index contributed by atoms with van der Waals surface area (Å²) in [6, 6.07) is 4.78. The van der Waals surface area contributed by atoms with Crippen LogP contribution in [0.25, 0.3) is 0 Å². The zero-order chi connectivity index (χ0) is 13.9. The van der Waals surface area contributed by atoms with Crippen LogP contribution in [0.5, 0.6) is 0 Å². The van der Waals surface area contributed by atoms with Crippen LogP contribution in [0.2, 0.25) is 0 Å². The highest BCUT2D eigenvalue weighted by atomic mass is 19.1. The Morgan fingerprint density at radius 2 is 2.00 bits per heavy atom. The zero-order valence-corrected chi connectivity index (χ0v) is 11.3. The first kappa shape index (κ1) is 13.1. The van der Waals surface area contributed by atoms with E-state index in [1.165, 1.54) is 18.9 Å². The molecule has 1 saturated carbocycles. The molecule has 0 saturated heterocycles. The Morgan fingerprint density at radius 1 is 1.20 bits per heavy atom. The molecular formula is C15H18FN3O. The Balaban J connectivity index is 1.61. The Morgan fingerprint density at radius 3 is 2.75 bits per heavy atom. The van der Waals surface area contributed by atoms with Gasteiger partial charge < -0.3 is 10.2 Å². The fourth-order valence-corrected chi connectivity index (χ4v) is 2.71. The molecular weight excluding hydrogens is 257 g/mol. The maximum Gasteiger partial charge on any atom is 0.219 e. The molecule has 106 valence electrons. The molecule has 1 aromatic heterocycles. The Bertz CT molecular complexity index is 591. The molecule has 0 spiro atoms. The second-order valence-electron chi connectivity index (χ2n) is 5.37. The third-order valence-corrected chi connectivity index (χ3v) is 3.87. The van der Waals surface area contributed by atoms with E-state index in [2.05, 4.69) is 10.2 Å². The number of halogens is 1. The van der Waals surface area contributed by atoms with Crippen molar-refractivity contribution in [1.29, 1.82) is 0 Å². The quantitative estimate of drug-likeness (QED) is 0.870. The van der Waals surface area contributed by atoms with Crippen molar-refractivity contribution in [1.82, 2.24) is 10.2 Å². The van der Waals surface area contributed by atoms with Crippen molar-refractivity contribution in [2.45, 2.75) is 44.4 Å². The molecule has 1 heterocycles. The van der Waals surface area contributed by atoms with Gasteiger partial charge in [-0.3, -0.25) is 0 Å². The molecule has 1 aliphatic rings. The molecule has 2 N–H and O–H groups in total. The Kier molecular flexibility index (Phi) is 3.67. The molecule has 0 radical (unpaired) electrons. The van der Waals surface area contributed by atoms with Gasteiger partial charge in [0.25, 0.3) is 0 Å². The summed E-state index contributed by atoms with van der Waals surface area (Å²) in [5, 5.41) is 8.23. The van der Waals surface area contributed by atoms with Gasteiger partial charge in [-0.1, -0.05) is 18.9 Å². The van der Waals surface area contributed by atoms with E-state index in [0.717, 1.165) is 30.7 Å². The third-order valence-electron chi connectivity index (χ3n) is 3.87. The van der Waals surface area contributed by atoms with Crippen LogP contribution in [0, 0.1) is 5.82 Å². The lowest BCUT2D eigenvalue weighted by atomic mass is 10.1. The van der Waals surface area contributed by atoms with Gasteiger partial charge in [-0.2, -0.15) is 0 Å². The van der Waals surface area contributed by atoms with Crippen molar-refractivity contribution in [3.8, 4) is 0 Å². The molecule has 1 fully saturated rings. The van der Waals surface area contributed by atoms with E-state index in [-0.39, 0.29) is 11.5 Å². The van der Waals surface area contributed by atoms with Crippen LogP contribution in [0.4, 0.5) is 10.1 Å². The second kappa shape index (κ2) is 5.61. The van der Waals surface area contributed by atoms with Gasteiger partial charge in [-0.05, 0) is 37.0 Å². The summed E-state index contributed by atoms with van der Waals surface area (Å²) in [6.07, 6.45) is 6.17. The smallest absolute Gasteiger partial charge is 0.219 e. The summed E-state index contributed by atoms with van der Waals surface area (Å²) >= 11 is 0. The molecule has 0 bridgehead atoms. The fraction of sp³-hybridized carbons (Fsp3) is 0.467. The number of hydrogen-bond donors (Lipinski definition) is 1. The summed E-state index contributed by atoms with van der Waals surface area (Å²) < 4.78 is 18.8. The predicted octanol–water partition coefficient (Wildman–Crippen LogP) is 3.23. The first-order chi connectivity index (χ1) is 9.72. The van der Waals surface area contributed by atoms with Crippen LogP contribution in [-0.4, -0.2) is 10.2 Å². The highest BCUT2D eigenvalue weighted by molar-refractivity contribution is 5.42. The Hall–Kier alpha value is -1.91. The van der Waals surface area contributed by atoms with Crippen molar-refractivity contribution >= 4 is 5.69 Å². The maximum absolute atomic E-state index is 13.1. The van der Waals surface area contributed by atoms with Crippen molar-refractivity contribution < 1.29 is 8.81 Å². The zero-order valence-electron chi connectivity index (χ0n) is 11.3. The first-order valence-corrected chi connectivity index (χ1v) is 7.08. The Labute approximate surface area is 117 Å². The molecule has 5 heteroatoms. The third kappa shape index (κ3) is 2.81. The average Bonchev–Trinajstić information content (AvgIpc) is 3.09.